The van der Waals surface area contributed by atoms with Crippen molar-refractivity contribution in [3.8, 4) is 5.75 Å². The Hall–Kier alpha value is -1.80. The summed E-state index contributed by atoms with van der Waals surface area (Å²) in [6.45, 7) is 3.61. The molecule has 0 amide bonds. The molecule has 0 N–H and O–H groups in total. The van der Waals surface area contributed by atoms with Gasteiger partial charge in [0.25, 0.3) is 0 Å². The molecule has 132 valence electrons. The molecule has 0 unspecified atom stereocenters. The first-order chi connectivity index (χ1) is 12.3. The van der Waals surface area contributed by atoms with Crippen molar-refractivity contribution < 1.29 is 4.74 Å². The second-order valence-corrected chi connectivity index (χ2v) is 7.68. The zero-order chi connectivity index (χ0) is 17.0. The van der Waals surface area contributed by atoms with Crippen LogP contribution in [0.15, 0.2) is 54.6 Å². The Morgan fingerprint density at radius 2 is 1.60 bits per heavy atom. The van der Waals surface area contributed by atoms with E-state index in [1.54, 1.807) is 0 Å². The SMILES string of the molecule is c1ccc(CCCCN2CCC3(CCc4ccccc4O3)CC2)cc1. The summed E-state index contributed by atoms with van der Waals surface area (Å²) in [5, 5.41) is 0. The number of unbranched alkanes of at least 4 members (excludes halogenated alkanes) is 1. The van der Waals surface area contributed by atoms with Gasteiger partial charge in [-0.3, -0.25) is 0 Å². The predicted octanol–water partition coefficient (Wildman–Crippen LogP) is 4.87. The number of rotatable bonds is 5. The average Bonchev–Trinajstić information content (AvgIpc) is 2.67. The van der Waals surface area contributed by atoms with Crippen LogP contribution in [0.4, 0.5) is 0 Å². The molecule has 0 saturated carbocycles. The first-order valence-corrected chi connectivity index (χ1v) is 9.86. The van der Waals surface area contributed by atoms with Gasteiger partial charge < -0.3 is 9.64 Å². The standard InChI is InChI=1S/C23H29NO/c1-2-8-20(9-3-1)10-6-7-17-24-18-15-23(16-19-24)14-13-21-11-4-5-12-22(21)25-23/h1-5,8-9,11-12H,6-7,10,13-19H2. The highest BCUT2D eigenvalue weighted by atomic mass is 16.5. The highest BCUT2D eigenvalue weighted by Gasteiger charge is 2.39. The summed E-state index contributed by atoms with van der Waals surface area (Å²) in [6, 6.07) is 19.4. The Kier molecular flexibility index (Phi) is 5.07. The lowest BCUT2D eigenvalue weighted by atomic mass is 9.83. The summed E-state index contributed by atoms with van der Waals surface area (Å²) in [5.41, 5.74) is 2.96. The van der Waals surface area contributed by atoms with Crippen LogP contribution in [0, 0.1) is 0 Å². The van der Waals surface area contributed by atoms with Gasteiger partial charge in [-0.05, 0) is 68.7 Å². The molecule has 2 aromatic rings. The van der Waals surface area contributed by atoms with Crippen LogP contribution in [0.25, 0.3) is 0 Å². The maximum atomic E-state index is 6.47. The molecule has 0 bridgehead atoms. The van der Waals surface area contributed by atoms with Gasteiger partial charge >= 0.3 is 0 Å². The number of benzene rings is 2. The number of likely N-dealkylation sites (tertiary alicyclic amines) is 1. The van der Waals surface area contributed by atoms with Crippen LogP contribution < -0.4 is 4.74 Å². The summed E-state index contributed by atoms with van der Waals surface area (Å²) >= 11 is 0. The molecule has 4 rings (SSSR count). The fourth-order valence-corrected chi connectivity index (χ4v) is 4.30. The molecule has 25 heavy (non-hydrogen) atoms. The van der Waals surface area contributed by atoms with E-state index in [4.69, 9.17) is 4.74 Å². The van der Waals surface area contributed by atoms with Crippen LogP contribution in [0.3, 0.4) is 0 Å². The van der Waals surface area contributed by atoms with E-state index >= 15 is 0 Å². The number of ether oxygens (including phenoxy) is 1. The van der Waals surface area contributed by atoms with Gasteiger partial charge in [-0.25, -0.2) is 0 Å². The second-order valence-electron chi connectivity index (χ2n) is 7.68. The Balaban J connectivity index is 1.21. The first-order valence-electron chi connectivity index (χ1n) is 9.86. The lowest BCUT2D eigenvalue weighted by Crippen LogP contribution is -2.49. The van der Waals surface area contributed by atoms with E-state index in [2.05, 4.69) is 59.5 Å². The minimum Gasteiger partial charge on any atom is -0.487 e. The predicted molar refractivity (Wildman–Crippen MR) is 103 cm³/mol. The van der Waals surface area contributed by atoms with E-state index in [9.17, 15) is 0 Å². The van der Waals surface area contributed by atoms with E-state index in [0.29, 0.717) is 0 Å². The number of hydrogen-bond donors (Lipinski definition) is 0. The molecule has 2 aliphatic heterocycles. The molecular weight excluding hydrogens is 306 g/mol. The first kappa shape index (κ1) is 16.7. The van der Waals surface area contributed by atoms with Gasteiger partial charge in [0.2, 0.25) is 0 Å². The number of piperidine rings is 1. The van der Waals surface area contributed by atoms with Gasteiger partial charge in [0, 0.05) is 13.1 Å². The molecule has 1 fully saturated rings. The van der Waals surface area contributed by atoms with Crippen LogP contribution in [0.5, 0.6) is 5.75 Å². The minimum atomic E-state index is 0.106. The summed E-state index contributed by atoms with van der Waals surface area (Å²) in [5.74, 6) is 1.13. The summed E-state index contributed by atoms with van der Waals surface area (Å²) < 4.78 is 6.47. The van der Waals surface area contributed by atoms with Gasteiger partial charge in [-0.1, -0.05) is 48.5 Å². The average molecular weight is 335 g/mol. The number of para-hydroxylation sites is 1. The van der Waals surface area contributed by atoms with Gasteiger partial charge in [0.15, 0.2) is 0 Å². The molecule has 2 aromatic carbocycles. The van der Waals surface area contributed by atoms with Gasteiger partial charge in [0.1, 0.15) is 11.4 Å². The number of hydrogen-bond acceptors (Lipinski definition) is 2. The summed E-state index contributed by atoms with van der Waals surface area (Å²) in [6.07, 6.45) is 8.51. The number of aryl methyl sites for hydroxylation is 2. The molecule has 2 heterocycles. The van der Waals surface area contributed by atoms with Crippen molar-refractivity contribution in [2.24, 2.45) is 0 Å². The zero-order valence-electron chi connectivity index (χ0n) is 15.1. The number of nitrogens with zero attached hydrogens (tertiary/aromatic N) is 1. The largest absolute Gasteiger partial charge is 0.487 e. The highest BCUT2D eigenvalue weighted by Crippen LogP contribution is 2.39. The van der Waals surface area contributed by atoms with Gasteiger partial charge in [-0.15, -0.1) is 0 Å². The molecule has 2 nitrogen and oxygen atoms in total. The van der Waals surface area contributed by atoms with E-state index < -0.39 is 0 Å². The molecule has 2 aliphatic rings. The van der Waals surface area contributed by atoms with Gasteiger partial charge in [-0.2, -0.15) is 0 Å². The highest BCUT2D eigenvalue weighted by molar-refractivity contribution is 5.36. The zero-order valence-corrected chi connectivity index (χ0v) is 15.1. The Morgan fingerprint density at radius 3 is 2.44 bits per heavy atom. The Morgan fingerprint density at radius 1 is 0.840 bits per heavy atom. The van der Waals surface area contributed by atoms with E-state index in [-0.39, 0.29) is 5.60 Å². The maximum absolute atomic E-state index is 6.47. The lowest BCUT2D eigenvalue weighted by molar-refractivity contribution is -0.0146. The molecule has 0 aromatic heterocycles. The molecule has 0 radical (unpaired) electrons. The van der Waals surface area contributed by atoms with Crippen LogP contribution in [-0.2, 0) is 12.8 Å². The van der Waals surface area contributed by atoms with Crippen molar-refractivity contribution in [1.82, 2.24) is 4.90 Å². The van der Waals surface area contributed by atoms with Crippen LogP contribution >= 0.6 is 0 Å². The van der Waals surface area contributed by atoms with Crippen molar-refractivity contribution in [1.29, 1.82) is 0 Å². The number of fused-ring (bicyclic) bond motifs is 1. The Bertz CT molecular complexity index is 674. The van der Waals surface area contributed by atoms with Crippen molar-refractivity contribution in [3.05, 3.63) is 65.7 Å². The summed E-state index contributed by atoms with van der Waals surface area (Å²) in [7, 11) is 0. The Labute approximate surface area is 151 Å². The van der Waals surface area contributed by atoms with E-state index in [1.165, 1.54) is 75.7 Å². The normalized spacial score (nSPS) is 19.4. The third-order valence-corrected chi connectivity index (χ3v) is 5.95. The topological polar surface area (TPSA) is 12.5 Å². The van der Waals surface area contributed by atoms with E-state index in [1.807, 2.05) is 0 Å². The van der Waals surface area contributed by atoms with Crippen LogP contribution in [0.2, 0.25) is 0 Å². The minimum absolute atomic E-state index is 0.106. The van der Waals surface area contributed by atoms with Crippen LogP contribution in [-0.4, -0.2) is 30.1 Å². The molecule has 2 heteroatoms. The van der Waals surface area contributed by atoms with Crippen molar-refractivity contribution in [2.45, 2.75) is 50.5 Å². The fourth-order valence-electron chi connectivity index (χ4n) is 4.30. The quantitative estimate of drug-likeness (QED) is 0.723. The molecule has 1 saturated heterocycles. The molecule has 1 spiro atoms. The smallest absolute Gasteiger partial charge is 0.123 e. The van der Waals surface area contributed by atoms with Crippen molar-refractivity contribution in [3.63, 3.8) is 0 Å². The third-order valence-electron chi connectivity index (χ3n) is 5.95. The lowest BCUT2D eigenvalue weighted by Gasteiger charge is -2.44. The van der Waals surface area contributed by atoms with Crippen molar-refractivity contribution in [2.75, 3.05) is 19.6 Å². The monoisotopic (exact) mass is 335 g/mol. The van der Waals surface area contributed by atoms with Crippen molar-refractivity contribution >= 4 is 0 Å². The molecule has 0 atom stereocenters. The van der Waals surface area contributed by atoms with E-state index in [0.717, 1.165) is 5.75 Å². The molecular formula is C23H29NO. The fraction of sp³-hybridized carbons (Fsp3) is 0.478. The maximum Gasteiger partial charge on any atom is 0.123 e. The second kappa shape index (κ2) is 7.61. The third kappa shape index (κ3) is 4.07. The van der Waals surface area contributed by atoms with Gasteiger partial charge in [0.05, 0.1) is 0 Å². The molecule has 0 aliphatic carbocycles. The van der Waals surface area contributed by atoms with Crippen LogP contribution in [0.1, 0.15) is 43.2 Å². The summed E-state index contributed by atoms with van der Waals surface area (Å²) in [4.78, 5) is 2.64.